The van der Waals surface area contributed by atoms with Crippen molar-refractivity contribution in [2.75, 3.05) is 13.1 Å². The van der Waals surface area contributed by atoms with Crippen molar-refractivity contribution < 1.29 is 4.52 Å². The molecule has 0 radical (unpaired) electrons. The molecule has 116 valence electrons. The van der Waals surface area contributed by atoms with Crippen molar-refractivity contribution in [3.8, 4) is 11.4 Å². The number of fused-ring (bicyclic) bond motifs is 1. The van der Waals surface area contributed by atoms with E-state index in [0.29, 0.717) is 35.2 Å². The van der Waals surface area contributed by atoms with E-state index in [1.54, 1.807) is 0 Å². The molecule has 3 unspecified atom stereocenters. The Kier molecular flexibility index (Phi) is 3.64. The van der Waals surface area contributed by atoms with Crippen LogP contribution in [0.3, 0.4) is 0 Å². The van der Waals surface area contributed by atoms with Gasteiger partial charge < -0.3 is 10.3 Å². The third-order valence-corrected chi connectivity index (χ3v) is 5.17. The highest BCUT2D eigenvalue weighted by Crippen LogP contribution is 2.37. The zero-order valence-corrected chi connectivity index (χ0v) is 13.0. The third-order valence-electron chi connectivity index (χ3n) is 4.92. The van der Waals surface area contributed by atoms with Crippen molar-refractivity contribution in [1.82, 2.24) is 15.0 Å². The molecule has 1 aromatic carbocycles. The van der Waals surface area contributed by atoms with Gasteiger partial charge >= 0.3 is 0 Å². The molecule has 1 saturated carbocycles. The lowest BCUT2D eigenvalue weighted by Crippen LogP contribution is -2.30. The molecule has 1 aliphatic carbocycles. The molecule has 2 aromatic rings. The average molecular weight is 319 g/mol. The van der Waals surface area contributed by atoms with Crippen LogP contribution in [0, 0.1) is 11.8 Å². The summed E-state index contributed by atoms with van der Waals surface area (Å²) in [7, 11) is 0. The molecule has 0 bridgehead atoms. The SMILES string of the molecule is NC1CCC2CN(Cc3nc(-c4ccc(Cl)cc4)no3)CC12. The number of likely N-dealkylation sites (tertiary alicyclic amines) is 1. The van der Waals surface area contributed by atoms with E-state index in [9.17, 15) is 0 Å². The quantitative estimate of drug-likeness (QED) is 0.942. The molecule has 4 rings (SSSR count). The van der Waals surface area contributed by atoms with Gasteiger partial charge in [0.15, 0.2) is 0 Å². The number of hydrogen-bond donors (Lipinski definition) is 1. The molecule has 5 nitrogen and oxygen atoms in total. The normalized spacial score (nSPS) is 28.2. The van der Waals surface area contributed by atoms with E-state index in [4.69, 9.17) is 21.9 Å². The monoisotopic (exact) mass is 318 g/mol. The highest BCUT2D eigenvalue weighted by molar-refractivity contribution is 6.30. The Hall–Kier alpha value is -1.43. The van der Waals surface area contributed by atoms with Crippen LogP contribution in [-0.4, -0.2) is 34.2 Å². The van der Waals surface area contributed by atoms with Crippen molar-refractivity contribution in [1.29, 1.82) is 0 Å². The Labute approximate surface area is 134 Å². The second kappa shape index (κ2) is 5.65. The van der Waals surface area contributed by atoms with Gasteiger partial charge in [-0.1, -0.05) is 16.8 Å². The average Bonchev–Trinajstić information content (AvgIpc) is 3.19. The predicted octanol–water partition coefficient (Wildman–Crippen LogP) is 2.56. The minimum atomic E-state index is 0.363. The fourth-order valence-corrected chi connectivity index (χ4v) is 3.88. The first-order valence-corrected chi connectivity index (χ1v) is 8.13. The van der Waals surface area contributed by atoms with E-state index in [1.165, 1.54) is 12.8 Å². The summed E-state index contributed by atoms with van der Waals surface area (Å²) < 4.78 is 5.39. The third kappa shape index (κ3) is 2.64. The smallest absolute Gasteiger partial charge is 0.241 e. The fraction of sp³-hybridized carbons (Fsp3) is 0.500. The number of hydrogen-bond acceptors (Lipinski definition) is 5. The Morgan fingerprint density at radius 1 is 1.23 bits per heavy atom. The number of benzene rings is 1. The largest absolute Gasteiger partial charge is 0.338 e. The van der Waals surface area contributed by atoms with Gasteiger partial charge in [0.25, 0.3) is 0 Å². The molecule has 2 N–H and O–H groups in total. The van der Waals surface area contributed by atoms with Gasteiger partial charge in [0.2, 0.25) is 11.7 Å². The van der Waals surface area contributed by atoms with Crippen LogP contribution in [0.15, 0.2) is 28.8 Å². The van der Waals surface area contributed by atoms with Gasteiger partial charge in [-0.05, 0) is 48.9 Å². The molecular weight excluding hydrogens is 300 g/mol. The second-order valence-electron chi connectivity index (χ2n) is 6.38. The summed E-state index contributed by atoms with van der Waals surface area (Å²) in [5.74, 6) is 2.66. The molecule has 0 spiro atoms. The van der Waals surface area contributed by atoms with E-state index in [1.807, 2.05) is 24.3 Å². The van der Waals surface area contributed by atoms with E-state index in [2.05, 4.69) is 15.0 Å². The van der Waals surface area contributed by atoms with Crippen LogP contribution in [0.2, 0.25) is 5.02 Å². The molecule has 22 heavy (non-hydrogen) atoms. The molecule has 2 aliphatic rings. The molecule has 0 amide bonds. The van der Waals surface area contributed by atoms with Crippen molar-refractivity contribution in [3.05, 3.63) is 35.2 Å². The Morgan fingerprint density at radius 3 is 2.82 bits per heavy atom. The lowest BCUT2D eigenvalue weighted by atomic mass is 9.98. The predicted molar refractivity (Wildman–Crippen MR) is 84.2 cm³/mol. The summed E-state index contributed by atoms with van der Waals surface area (Å²) in [6.07, 6.45) is 2.42. The highest BCUT2D eigenvalue weighted by atomic mass is 35.5. The van der Waals surface area contributed by atoms with Crippen LogP contribution in [0.1, 0.15) is 18.7 Å². The van der Waals surface area contributed by atoms with Crippen molar-refractivity contribution in [2.45, 2.75) is 25.4 Å². The summed E-state index contributed by atoms with van der Waals surface area (Å²) in [6, 6.07) is 7.82. The van der Waals surface area contributed by atoms with E-state index < -0.39 is 0 Å². The minimum Gasteiger partial charge on any atom is -0.338 e. The topological polar surface area (TPSA) is 68.2 Å². The summed E-state index contributed by atoms with van der Waals surface area (Å²) in [5, 5.41) is 4.77. The lowest BCUT2D eigenvalue weighted by Gasteiger charge is -2.15. The number of nitrogens with two attached hydrogens (primary N) is 1. The van der Waals surface area contributed by atoms with Gasteiger partial charge in [0, 0.05) is 29.7 Å². The lowest BCUT2D eigenvalue weighted by molar-refractivity contribution is 0.250. The second-order valence-corrected chi connectivity index (χ2v) is 6.81. The zero-order chi connectivity index (χ0) is 15.1. The van der Waals surface area contributed by atoms with Gasteiger partial charge in [-0.15, -0.1) is 0 Å². The minimum absolute atomic E-state index is 0.363. The highest BCUT2D eigenvalue weighted by Gasteiger charge is 2.41. The first-order chi connectivity index (χ1) is 10.7. The summed E-state index contributed by atoms with van der Waals surface area (Å²) in [4.78, 5) is 6.88. The molecule has 1 saturated heterocycles. The summed E-state index contributed by atoms with van der Waals surface area (Å²) >= 11 is 5.89. The van der Waals surface area contributed by atoms with E-state index in [0.717, 1.165) is 24.6 Å². The Morgan fingerprint density at radius 2 is 2.05 bits per heavy atom. The number of nitrogens with zero attached hydrogens (tertiary/aromatic N) is 3. The van der Waals surface area contributed by atoms with E-state index >= 15 is 0 Å². The van der Waals surface area contributed by atoms with Crippen LogP contribution in [0.25, 0.3) is 11.4 Å². The van der Waals surface area contributed by atoms with E-state index in [-0.39, 0.29) is 0 Å². The maximum absolute atomic E-state index is 6.18. The van der Waals surface area contributed by atoms with Gasteiger partial charge in [0.05, 0.1) is 6.54 Å². The van der Waals surface area contributed by atoms with Crippen LogP contribution >= 0.6 is 11.6 Å². The van der Waals surface area contributed by atoms with Crippen LogP contribution in [0.4, 0.5) is 0 Å². The Bertz CT molecular complexity index is 656. The number of rotatable bonds is 3. The fourth-order valence-electron chi connectivity index (χ4n) is 3.76. The molecule has 1 aliphatic heterocycles. The van der Waals surface area contributed by atoms with Crippen molar-refractivity contribution in [3.63, 3.8) is 0 Å². The number of aromatic nitrogens is 2. The standard InChI is InChI=1S/C16H19ClN4O/c17-12-4-1-10(2-5-12)16-19-15(22-20-16)9-21-7-11-3-6-14(18)13(11)8-21/h1-2,4-5,11,13-14H,3,6-9,18H2. The molecule has 2 heterocycles. The first kappa shape index (κ1) is 14.2. The molecule has 6 heteroatoms. The molecule has 1 aromatic heterocycles. The van der Waals surface area contributed by atoms with Gasteiger partial charge in [-0.25, -0.2) is 0 Å². The first-order valence-electron chi connectivity index (χ1n) is 7.75. The Balaban J connectivity index is 1.43. The van der Waals surface area contributed by atoms with Crippen molar-refractivity contribution >= 4 is 11.6 Å². The van der Waals surface area contributed by atoms with Crippen LogP contribution in [0.5, 0.6) is 0 Å². The zero-order valence-electron chi connectivity index (χ0n) is 12.3. The number of halogens is 1. The summed E-state index contributed by atoms with van der Waals surface area (Å²) in [6.45, 7) is 2.85. The van der Waals surface area contributed by atoms with Crippen molar-refractivity contribution in [2.24, 2.45) is 17.6 Å². The summed E-state index contributed by atoms with van der Waals surface area (Å²) in [5.41, 5.74) is 7.10. The molecular formula is C16H19ClN4O. The van der Waals surface area contributed by atoms with Gasteiger partial charge in [0.1, 0.15) is 0 Å². The maximum atomic E-state index is 6.18. The molecule has 3 atom stereocenters. The van der Waals surface area contributed by atoms with Gasteiger partial charge in [-0.3, -0.25) is 4.90 Å². The van der Waals surface area contributed by atoms with Crippen LogP contribution in [-0.2, 0) is 6.54 Å². The maximum Gasteiger partial charge on any atom is 0.241 e. The molecule has 2 fully saturated rings. The van der Waals surface area contributed by atoms with Crippen LogP contribution < -0.4 is 5.73 Å². The van der Waals surface area contributed by atoms with Gasteiger partial charge in [-0.2, -0.15) is 4.98 Å².